The fourth-order valence-corrected chi connectivity index (χ4v) is 2.37. The van der Waals surface area contributed by atoms with E-state index in [1.165, 1.54) is 7.11 Å². The molecule has 6 heteroatoms. The van der Waals surface area contributed by atoms with Crippen LogP contribution in [-0.4, -0.2) is 18.9 Å². The van der Waals surface area contributed by atoms with Crippen molar-refractivity contribution in [2.75, 3.05) is 7.11 Å². The number of nitriles is 2. The Morgan fingerprint density at radius 2 is 1.65 bits per heavy atom. The van der Waals surface area contributed by atoms with E-state index in [2.05, 4.69) is 5.32 Å². The predicted molar refractivity (Wildman–Crippen MR) is 67.1 cm³/mol. The first-order valence-corrected chi connectivity index (χ1v) is 5.91. The summed E-state index contributed by atoms with van der Waals surface area (Å²) in [6.07, 6.45) is 0. The summed E-state index contributed by atoms with van der Waals surface area (Å²) in [6, 6.07) is 10.5. The molecule has 2 rings (SSSR count). The van der Waals surface area contributed by atoms with Crippen molar-refractivity contribution < 1.29 is 14.3 Å². The average Bonchev–Trinajstić information content (AvgIpc) is 2.46. The molecule has 1 aromatic rings. The molecule has 0 spiro atoms. The number of piperidine rings is 1. The third kappa shape index (κ3) is 2.08. The molecule has 1 aliphatic heterocycles. The van der Waals surface area contributed by atoms with Gasteiger partial charge in [-0.25, -0.2) is 0 Å². The number of imide groups is 1. The zero-order valence-electron chi connectivity index (χ0n) is 10.7. The van der Waals surface area contributed by atoms with Gasteiger partial charge < -0.3 is 4.74 Å². The summed E-state index contributed by atoms with van der Waals surface area (Å²) in [4.78, 5) is 23.6. The fourth-order valence-electron chi connectivity index (χ4n) is 2.37. The van der Waals surface area contributed by atoms with Crippen LogP contribution in [-0.2, 0) is 9.59 Å². The van der Waals surface area contributed by atoms with Crippen molar-refractivity contribution in [2.45, 2.75) is 5.92 Å². The number of ether oxygens (including phenoxy) is 1. The largest absolute Gasteiger partial charge is 0.496 e. The molecule has 1 aromatic carbocycles. The van der Waals surface area contributed by atoms with Crippen LogP contribution in [0.3, 0.4) is 0 Å². The Hall–Kier alpha value is -2.86. The van der Waals surface area contributed by atoms with Crippen LogP contribution in [0.15, 0.2) is 24.3 Å². The predicted octanol–water partition coefficient (Wildman–Crippen LogP) is 0.715. The summed E-state index contributed by atoms with van der Waals surface area (Å²) in [6.45, 7) is 0. The summed E-state index contributed by atoms with van der Waals surface area (Å²) in [5.74, 6) is -3.95. The standard InChI is InChI=1S/C14H11N3O3/c1-20-11-5-3-2-4-8(11)12-9(6-15)13(18)17-14(19)10(12)7-16/h2-5,9-10,12H,1H3,(H,17,18,19)/t9-,10+,12?. The molecular formula is C14H11N3O3. The second-order valence-electron chi connectivity index (χ2n) is 4.33. The van der Waals surface area contributed by atoms with E-state index in [1.807, 2.05) is 12.1 Å². The van der Waals surface area contributed by atoms with E-state index >= 15 is 0 Å². The van der Waals surface area contributed by atoms with Crippen LogP contribution < -0.4 is 10.1 Å². The number of hydrogen-bond donors (Lipinski definition) is 1. The van der Waals surface area contributed by atoms with E-state index in [0.717, 1.165) is 0 Å². The number of benzene rings is 1. The van der Waals surface area contributed by atoms with Gasteiger partial charge >= 0.3 is 0 Å². The van der Waals surface area contributed by atoms with Crippen LogP contribution >= 0.6 is 0 Å². The molecule has 1 aliphatic rings. The topological polar surface area (TPSA) is 103 Å². The quantitative estimate of drug-likeness (QED) is 0.796. The molecule has 1 saturated heterocycles. The summed E-state index contributed by atoms with van der Waals surface area (Å²) in [5, 5.41) is 20.4. The number of para-hydroxylation sites is 1. The Kier molecular flexibility index (Phi) is 3.67. The van der Waals surface area contributed by atoms with Gasteiger partial charge in [0.1, 0.15) is 17.6 Å². The second-order valence-corrected chi connectivity index (χ2v) is 4.33. The highest BCUT2D eigenvalue weighted by atomic mass is 16.5. The van der Waals surface area contributed by atoms with Crippen molar-refractivity contribution in [2.24, 2.45) is 11.8 Å². The van der Waals surface area contributed by atoms with E-state index < -0.39 is 29.6 Å². The highest BCUT2D eigenvalue weighted by Crippen LogP contribution is 2.39. The summed E-state index contributed by atoms with van der Waals surface area (Å²) < 4.78 is 5.19. The molecular weight excluding hydrogens is 258 g/mol. The molecule has 1 N–H and O–H groups in total. The average molecular weight is 269 g/mol. The van der Waals surface area contributed by atoms with Gasteiger partial charge in [-0.05, 0) is 6.07 Å². The van der Waals surface area contributed by atoms with Crippen molar-refractivity contribution in [1.82, 2.24) is 5.32 Å². The Labute approximate surface area is 115 Å². The number of methoxy groups -OCH3 is 1. The maximum Gasteiger partial charge on any atom is 0.244 e. The maximum absolute atomic E-state index is 11.8. The van der Waals surface area contributed by atoms with E-state index in [0.29, 0.717) is 11.3 Å². The fraction of sp³-hybridized carbons (Fsp3) is 0.286. The van der Waals surface area contributed by atoms with Crippen LogP contribution in [0.25, 0.3) is 0 Å². The van der Waals surface area contributed by atoms with Crippen LogP contribution in [0.5, 0.6) is 5.75 Å². The normalized spacial score (nSPS) is 25.2. The van der Waals surface area contributed by atoms with E-state index in [-0.39, 0.29) is 0 Å². The van der Waals surface area contributed by atoms with Gasteiger partial charge in [0.2, 0.25) is 11.8 Å². The highest BCUT2D eigenvalue weighted by Gasteiger charge is 2.46. The minimum Gasteiger partial charge on any atom is -0.496 e. The first-order chi connectivity index (χ1) is 9.63. The molecule has 0 saturated carbocycles. The third-order valence-electron chi connectivity index (χ3n) is 3.31. The number of hydrogen-bond acceptors (Lipinski definition) is 5. The monoisotopic (exact) mass is 269 g/mol. The molecule has 0 bridgehead atoms. The van der Waals surface area contributed by atoms with E-state index in [9.17, 15) is 20.1 Å². The zero-order chi connectivity index (χ0) is 14.7. The van der Waals surface area contributed by atoms with Crippen LogP contribution in [0.4, 0.5) is 0 Å². The Bertz CT molecular complexity index is 610. The molecule has 2 amide bonds. The van der Waals surface area contributed by atoms with Gasteiger partial charge in [-0.1, -0.05) is 18.2 Å². The molecule has 0 radical (unpaired) electrons. The van der Waals surface area contributed by atoms with Gasteiger partial charge in [0.05, 0.1) is 19.2 Å². The van der Waals surface area contributed by atoms with Gasteiger partial charge in [0, 0.05) is 11.5 Å². The smallest absolute Gasteiger partial charge is 0.244 e. The Balaban J connectivity index is 2.59. The number of carbonyl (C=O) groups is 2. The minimum atomic E-state index is -1.10. The lowest BCUT2D eigenvalue weighted by Gasteiger charge is -2.30. The number of rotatable bonds is 2. The maximum atomic E-state index is 11.8. The lowest BCUT2D eigenvalue weighted by Crippen LogP contribution is -2.49. The van der Waals surface area contributed by atoms with Crippen molar-refractivity contribution in [3.63, 3.8) is 0 Å². The van der Waals surface area contributed by atoms with Gasteiger partial charge in [-0.15, -0.1) is 0 Å². The molecule has 20 heavy (non-hydrogen) atoms. The number of amides is 2. The summed E-state index contributed by atoms with van der Waals surface area (Å²) >= 11 is 0. The Morgan fingerprint density at radius 1 is 1.10 bits per heavy atom. The van der Waals surface area contributed by atoms with Crippen LogP contribution in [0.1, 0.15) is 11.5 Å². The number of nitrogens with zero attached hydrogens (tertiary/aromatic N) is 2. The zero-order valence-corrected chi connectivity index (χ0v) is 10.7. The second kappa shape index (κ2) is 5.41. The van der Waals surface area contributed by atoms with Gasteiger partial charge in [-0.2, -0.15) is 10.5 Å². The summed E-state index contributed by atoms with van der Waals surface area (Å²) in [5.41, 5.74) is 0.510. The molecule has 1 fully saturated rings. The first kappa shape index (κ1) is 13.6. The van der Waals surface area contributed by atoms with Crippen molar-refractivity contribution >= 4 is 11.8 Å². The van der Waals surface area contributed by atoms with Gasteiger partial charge in [0.25, 0.3) is 0 Å². The SMILES string of the molecule is COc1ccccc1C1[C@H](C#N)C(=O)NC(=O)[C@@H]1C#N. The first-order valence-electron chi connectivity index (χ1n) is 5.91. The molecule has 3 atom stereocenters. The Morgan fingerprint density at radius 3 is 2.15 bits per heavy atom. The van der Waals surface area contributed by atoms with E-state index in [4.69, 9.17) is 4.74 Å². The molecule has 1 heterocycles. The number of carbonyl (C=O) groups excluding carboxylic acids is 2. The molecule has 1 unspecified atom stereocenters. The van der Waals surface area contributed by atoms with Gasteiger partial charge in [-0.3, -0.25) is 14.9 Å². The highest BCUT2D eigenvalue weighted by molar-refractivity contribution is 6.03. The van der Waals surface area contributed by atoms with Crippen molar-refractivity contribution in [3.05, 3.63) is 29.8 Å². The number of nitrogens with one attached hydrogen (secondary N) is 1. The molecule has 0 aromatic heterocycles. The van der Waals surface area contributed by atoms with Crippen molar-refractivity contribution in [3.8, 4) is 17.9 Å². The lowest BCUT2D eigenvalue weighted by atomic mass is 9.74. The summed E-state index contributed by atoms with van der Waals surface area (Å²) in [7, 11) is 1.45. The third-order valence-corrected chi connectivity index (χ3v) is 3.31. The molecule has 0 aliphatic carbocycles. The van der Waals surface area contributed by atoms with Crippen LogP contribution in [0, 0.1) is 34.5 Å². The molecule has 6 nitrogen and oxygen atoms in total. The van der Waals surface area contributed by atoms with Crippen LogP contribution in [0.2, 0.25) is 0 Å². The minimum absolute atomic E-state index is 0.445. The van der Waals surface area contributed by atoms with Gasteiger partial charge in [0.15, 0.2) is 0 Å². The lowest BCUT2D eigenvalue weighted by molar-refractivity contribution is -0.137. The van der Waals surface area contributed by atoms with Crippen molar-refractivity contribution in [1.29, 1.82) is 10.5 Å². The molecule has 100 valence electrons. The van der Waals surface area contributed by atoms with E-state index in [1.54, 1.807) is 24.3 Å².